The number of rotatable bonds is 6. The third-order valence-electron chi connectivity index (χ3n) is 3.47. The maximum Gasteiger partial charge on any atom is 0.422 e. The fourth-order valence-electron chi connectivity index (χ4n) is 2.06. The Morgan fingerprint density at radius 1 is 1.31 bits per heavy atom. The number of sulfonamides is 1. The van der Waals surface area contributed by atoms with Crippen molar-refractivity contribution in [1.29, 1.82) is 0 Å². The molecule has 0 bridgehead atoms. The molecule has 0 aliphatic heterocycles. The third-order valence-corrected chi connectivity index (χ3v) is 9.65. The zero-order valence-electron chi connectivity index (χ0n) is 13.7. The Kier molecular flexibility index (Phi) is 6.29. The summed E-state index contributed by atoms with van der Waals surface area (Å²) in [5.41, 5.74) is 0.643. The van der Waals surface area contributed by atoms with Crippen LogP contribution in [0, 0.1) is 6.92 Å². The van der Waals surface area contributed by atoms with Gasteiger partial charge in [0.25, 0.3) is 10.0 Å². The zero-order chi connectivity index (χ0) is 19.9. The largest absolute Gasteiger partial charge is 0.464 e. The lowest BCUT2D eigenvalue weighted by molar-refractivity contribution is 0.172. The Morgan fingerprint density at radius 2 is 1.88 bits per heavy atom. The Balaban J connectivity index is 2.62. The van der Waals surface area contributed by atoms with Gasteiger partial charge in [0.05, 0.1) is 14.7 Å². The van der Waals surface area contributed by atoms with E-state index in [0.717, 1.165) is 25.6 Å². The molecule has 26 heavy (non-hydrogen) atoms. The van der Waals surface area contributed by atoms with E-state index in [2.05, 4.69) is 9.05 Å². The predicted octanol–water partition coefficient (Wildman–Crippen LogP) is 4.63. The summed E-state index contributed by atoms with van der Waals surface area (Å²) in [5.74, 6) is 0. The number of benzene rings is 1. The number of carbonyl (C=O) groups is 1. The van der Waals surface area contributed by atoms with Gasteiger partial charge in [-0.05, 0) is 24.6 Å². The van der Waals surface area contributed by atoms with E-state index < -0.39 is 30.0 Å². The Bertz CT molecular complexity index is 1010. The molecule has 144 valence electrons. The monoisotopic (exact) mass is 461 g/mol. The molecule has 0 radical (unpaired) electrons. The normalized spacial score (nSPS) is 12.5. The highest BCUT2D eigenvalue weighted by Crippen LogP contribution is 2.48. The number of thiophene rings is 1. The summed E-state index contributed by atoms with van der Waals surface area (Å²) in [5, 5.41) is 10.3. The molecule has 1 aromatic carbocycles. The first kappa shape index (κ1) is 21.4. The summed E-state index contributed by atoms with van der Waals surface area (Å²) in [6, 6.07) is 2.81. The summed E-state index contributed by atoms with van der Waals surface area (Å²) in [6.07, 6.45) is -2.82. The topological polar surface area (TPSA) is 110 Å². The molecule has 2 aromatic rings. The van der Waals surface area contributed by atoms with Gasteiger partial charge in [-0.1, -0.05) is 23.2 Å². The summed E-state index contributed by atoms with van der Waals surface area (Å²) >= 11 is 13.1. The molecule has 1 N–H and O–H groups in total. The molecule has 0 saturated heterocycles. The molecule has 1 amide bonds. The number of halogens is 2. The fraction of sp³-hybridized carbons (Fsp3) is 0.308. The zero-order valence-corrected chi connectivity index (χ0v) is 17.8. The van der Waals surface area contributed by atoms with E-state index >= 15 is 0 Å². The standard InChI is InChI=1S/C13H14Cl2NO7PS2/c1-7-4-9(14)12-8(11(7)15)5-10(25-12)26(20,21)16(13(17)18)6-24(19,22-2)23-3/h4-5H,6H2,1-3H3,(H,17,18). The van der Waals surface area contributed by atoms with Crippen molar-refractivity contribution in [2.45, 2.75) is 11.1 Å². The highest BCUT2D eigenvalue weighted by atomic mass is 35.5. The first-order valence-electron chi connectivity index (χ1n) is 6.81. The average molecular weight is 462 g/mol. The van der Waals surface area contributed by atoms with Gasteiger partial charge in [-0.2, -0.15) is 12.7 Å². The summed E-state index contributed by atoms with van der Waals surface area (Å²) in [4.78, 5) is 11.5. The van der Waals surface area contributed by atoms with Gasteiger partial charge < -0.3 is 14.2 Å². The summed E-state index contributed by atoms with van der Waals surface area (Å²) in [6.45, 7) is 1.70. The van der Waals surface area contributed by atoms with E-state index in [4.69, 9.17) is 23.2 Å². The highest BCUT2D eigenvalue weighted by Gasteiger charge is 2.38. The number of aryl methyl sites for hydroxylation is 1. The minimum Gasteiger partial charge on any atom is -0.464 e. The van der Waals surface area contributed by atoms with Crippen molar-refractivity contribution in [2.75, 3.05) is 20.5 Å². The van der Waals surface area contributed by atoms with Crippen LogP contribution in [-0.2, 0) is 23.6 Å². The van der Waals surface area contributed by atoms with Crippen molar-refractivity contribution < 1.29 is 31.9 Å². The maximum atomic E-state index is 12.8. The maximum absolute atomic E-state index is 12.8. The van der Waals surface area contributed by atoms with E-state index in [1.807, 2.05) is 0 Å². The van der Waals surface area contributed by atoms with Crippen molar-refractivity contribution in [3.8, 4) is 0 Å². The van der Waals surface area contributed by atoms with Crippen LogP contribution < -0.4 is 0 Å². The van der Waals surface area contributed by atoms with Gasteiger partial charge in [0.15, 0.2) is 0 Å². The second-order valence-electron chi connectivity index (χ2n) is 5.05. The second kappa shape index (κ2) is 7.63. The van der Waals surface area contributed by atoms with Crippen molar-refractivity contribution in [2.24, 2.45) is 0 Å². The number of hydrogen-bond acceptors (Lipinski definition) is 7. The van der Waals surface area contributed by atoms with Gasteiger partial charge in [0.2, 0.25) is 0 Å². The smallest absolute Gasteiger partial charge is 0.422 e. The van der Waals surface area contributed by atoms with E-state index in [1.54, 1.807) is 13.0 Å². The quantitative estimate of drug-likeness (QED) is 0.624. The van der Waals surface area contributed by atoms with Crippen molar-refractivity contribution >= 4 is 68.3 Å². The van der Waals surface area contributed by atoms with Gasteiger partial charge in [0, 0.05) is 19.6 Å². The lowest BCUT2D eigenvalue weighted by Crippen LogP contribution is -2.36. The molecule has 13 heteroatoms. The minimum absolute atomic E-state index is 0.0140. The molecule has 2 rings (SSSR count). The van der Waals surface area contributed by atoms with Crippen LogP contribution in [0.1, 0.15) is 5.56 Å². The van der Waals surface area contributed by atoms with E-state index in [0.29, 0.717) is 20.7 Å². The molecule has 0 unspecified atom stereocenters. The molecule has 1 aromatic heterocycles. The molecule has 0 atom stereocenters. The Labute approximate surface area is 163 Å². The van der Waals surface area contributed by atoms with Gasteiger partial charge in [0.1, 0.15) is 10.5 Å². The first-order valence-corrected chi connectivity index (χ1v) is 11.5. The van der Waals surface area contributed by atoms with Crippen molar-refractivity contribution in [3.63, 3.8) is 0 Å². The number of amides is 1. The Morgan fingerprint density at radius 3 is 2.38 bits per heavy atom. The number of hydrogen-bond donors (Lipinski definition) is 1. The first-order chi connectivity index (χ1) is 12.0. The molecule has 0 fully saturated rings. The van der Waals surface area contributed by atoms with E-state index in [-0.39, 0.29) is 13.5 Å². The molecule has 0 saturated carbocycles. The van der Waals surface area contributed by atoms with E-state index in [9.17, 15) is 22.9 Å². The van der Waals surface area contributed by atoms with E-state index in [1.165, 1.54) is 6.07 Å². The van der Waals surface area contributed by atoms with Crippen LogP contribution in [0.4, 0.5) is 4.79 Å². The molecule has 0 aliphatic rings. The van der Waals surface area contributed by atoms with Crippen LogP contribution in [0.2, 0.25) is 10.0 Å². The highest BCUT2D eigenvalue weighted by molar-refractivity contribution is 7.92. The molecule has 0 aliphatic carbocycles. The average Bonchev–Trinajstić information content (AvgIpc) is 3.04. The molecule has 1 heterocycles. The van der Waals surface area contributed by atoms with Gasteiger partial charge in [-0.15, -0.1) is 11.3 Å². The molecule has 8 nitrogen and oxygen atoms in total. The van der Waals surface area contributed by atoms with Crippen LogP contribution >= 0.6 is 42.1 Å². The minimum atomic E-state index is -4.56. The molecule has 0 spiro atoms. The Hall–Kier alpha value is -0.870. The van der Waals surface area contributed by atoms with Crippen molar-refractivity contribution in [1.82, 2.24) is 4.31 Å². The van der Waals surface area contributed by atoms with Crippen LogP contribution in [0.5, 0.6) is 0 Å². The van der Waals surface area contributed by atoms with Gasteiger partial charge in [-0.3, -0.25) is 4.57 Å². The van der Waals surface area contributed by atoms with Crippen LogP contribution in [-0.4, -0.2) is 44.4 Å². The van der Waals surface area contributed by atoms with Crippen molar-refractivity contribution in [3.05, 3.63) is 27.7 Å². The number of fused-ring (bicyclic) bond motifs is 1. The number of carboxylic acid groups (broad SMARTS) is 1. The lowest BCUT2D eigenvalue weighted by Gasteiger charge is -2.22. The molecular weight excluding hydrogens is 448 g/mol. The van der Waals surface area contributed by atoms with Crippen LogP contribution in [0.3, 0.4) is 0 Å². The third kappa shape index (κ3) is 3.87. The predicted molar refractivity (Wildman–Crippen MR) is 100 cm³/mol. The summed E-state index contributed by atoms with van der Waals surface area (Å²) in [7, 11) is -6.46. The molecular formula is C13H14Cl2NO7PS2. The number of nitrogens with zero attached hydrogens (tertiary/aromatic N) is 1. The van der Waals surface area contributed by atoms with Gasteiger partial charge >= 0.3 is 13.7 Å². The lowest BCUT2D eigenvalue weighted by atomic mass is 10.2. The van der Waals surface area contributed by atoms with Crippen LogP contribution in [0.15, 0.2) is 16.3 Å². The SMILES string of the molecule is COP(=O)(CN(C(=O)O)S(=O)(=O)c1cc2c(Cl)c(C)cc(Cl)c2s1)OC. The van der Waals surface area contributed by atoms with Crippen LogP contribution in [0.25, 0.3) is 10.1 Å². The fourth-order valence-corrected chi connectivity index (χ4v) is 6.99. The van der Waals surface area contributed by atoms with Gasteiger partial charge in [-0.25, -0.2) is 4.79 Å². The second-order valence-corrected chi connectivity index (χ2v) is 11.2. The summed E-state index contributed by atoms with van der Waals surface area (Å²) < 4.78 is 47.2.